The molecule has 0 radical (unpaired) electrons. The van der Waals surface area contributed by atoms with Gasteiger partial charge in [-0.05, 0) is 31.0 Å². The molecular weight excluding hydrogens is 344 g/mol. The largest absolute Gasteiger partial charge is 0.482 e. The molecule has 140 valence electrons. The number of nitrogens with one attached hydrogen (secondary N) is 1. The maximum absolute atomic E-state index is 12.7. The molecule has 2 aromatic carbocycles. The highest BCUT2D eigenvalue weighted by atomic mass is 16.6. The molecule has 0 unspecified atom stereocenters. The fraction of sp³-hybridized carbons (Fsp3) is 0.333. The van der Waals surface area contributed by atoms with Crippen molar-refractivity contribution >= 4 is 11.8 Å². The minimum Gasteiger partial charge on any atom is -0.482 e. The van der Waals surface area contributed by atoms with Gasteiger partial charge in [0.05, 0.1) is 0 Å². The highest BCUT2D eigenvalue weighted by Crippen LogP contribution is 2.33. The molecule has 1 N–H and O–H groups in total. The Morgan fingerprint density at radius 3 is 2.48 bits per heavy atom. The molecule has 1 saturated heterocycles. The van der Waals surface area contributed by atoms with E-state index in [-0.39, 0.29) is 11.8 Å². The van der Waals surface area contributed by atoms with Crippen LogP contribution >= 0.6 is 0 Å². The summed E-state index contributed by atoms with van der Waals surface area (Å²) in [6.07, 6.45) is -0.622. The van der Waals surface area contributed by atoms with E-state index < -0.39 is 18.2 Å². The van der Waals surface area contributed by atoms with E-state index in [0.717, 1.165) is 5.56 Å². The average Bonchev–Trinajstić information content (AvgIpc) is 3.01. The lowest BCUT2D eigenvalue weighted by atomic mass is 10.1. The monoisotopic (exact) mass is 366 g/mol. The number of rotatable bonds is 4. The molecule has 2 aliphatic heterocycles. The van der Waals surface area contributed by atoms with Gasteiger partial charge in [0.25, 0.3) is 5.91 Å². The third-order valence-electron chi connectivity index (χ3n) is 4.93. The maximum atomic E-state index is 12.7. The molecule has 2 heterocycles. The van der Waals surface area contributed by atoms with Crippen LogP contribution in [-0.2, 0) is 16.1 Å². The zero-order chi connectivity index (χ0) is 18.8. The van der Waals surface area contributed by atoms with Crippen molar-refractivity contribution in [2.24, 2.45) is 0 Å². The van der Waals surface area contributed by atoms with Gasteiger partial charge in [-0.25, -0.2) is 0 Å². The van der Waals surface area contributed by atoms with E-state index >= 15 is 0 Å². The fourth-order valence-corrected chi connectivity index (χ4v) is 3.49. The average molecular weight is 366 g/mol. The molecule has 0 aromatic heterocycles. The van der Waals surface area contributed by atoms with Crippen molar-refractivity contribution in [2.45, 2.75) is 38.1 Å². The van der Waals surface area contributed by atoms with Crippen molar-refractivity contribution in [3.63, 3.8) is 0 Å². The van der Waals surface area contributed by atoms with Crippen molar-refractivity contribution < 1.29 is 19.1 Å². The van der Waals surface area contributed by atoms with Crippen LogP contribution in [0.5, 0.6) is 11.5 Å². The smallest absolute Gasteiger partial charge is 0.265 e. The number of hydrogen-bond acceptors (Lipinski definition) is 4. The summed E-state index contributed by atoms with van der Waals surface area (Å²) >= 11 is 0. The van der Waals surface area contributed by atoms with Crippen LogP contribution in [0.2, 0.25) is 0 Å². The van der Waals surface area contributed by atoms with Gasteiger partial charge < -0.3 is 19.7 Å². The molecule has 0 aliphatic carbocycles. The summed E-state index contributed by atoms with van der Waals surface area (Å²) < 4.78 is 11.6. The number of benzene rings is 2. The van der Waals surface area contributed by atoms with Crippen LogP contribution in [0.4, 0.5) is 0 Å². The zero-order valence-electron chi connectivity index (χ0n) is 15.1. The molecule has 6 heteroatoms. The van der Waals surface area contributed by atoms with Crippen molar-refractivity contribution in [2.75, 3.05) is 6.54 Å². The van der Waals surface area contributed by atoms with Gasteiger partial charge in [-0.3, -0.25) is 9.59 Å². The second kappa shape index (κ2) is 7.31. The predicted molar refractivity (Wildman–Crippen MR) is 99.4 cm³/mol. The molecule has 2 aliphatic rings. The number of nitrogens with zero attached hydrogens (tertiary/aromatic N) is 1. The molecule has 27 heavy (non-hydrogen) atoms. The minimum absolute atomic E-state index is 0.0583. The number of hydrogen-bond donors (Lipinski definition) is 1. The highest BCUT2D eigenvalue weighted by Gasteiger charge is 2.38. The quantitative estimate of drug-likeness (QED) is 0.900. The normalized spacial score (nSPS) is 24.0. The Kier molecular flexibility index (Phi) is 4.71. The van der Waals surface area contributed by atoms with E-state index in [2.05, 4.69) is 5.32 Å². The van der Waals surface area contributed by atoms with Crippen LogP contribution in [0.25, 0.3) is 0 Å². The van der Waals surface area contributed by atoms with Crippen LogP contribution in [-0.4, -0.2) is 41.5 Å². The number of likely N-dealkylation sites (tertiary alicyclic amines) is 1. The first kappa shape index (κ1) is 17.4. The molecule has 2 amide bonds. The van der Waals surface area contributed by atoms with Gasteiger partial charge >= 0.3 is 0 Å². The van der Waals surface area contributed by atoms with Gasteiger partial charge in [-0.2, -0.15) is 0 Å². The number of amides is 2. The number of carbonyl (C=O) groups excluding carboxylic acids is 2. The molecule has 3 atom stereocenters. The molecule has 6 nitrogen and oxygen atoms in total. The molecular formula is C21H22N2O4. The second-order valence-corrected chi connectivity index (χ2v) is 6.90. The lowest BCUT2D eigenvalue weighted by Crippen LogP contribution is -2.53. The Labute approximate surface area is 158 Å². The van der Waals surface area contributed by atoms with Gasteiger partial charge in [-0.15, -0.1) is 0 Å². The summed E-state index contributed by atoms with van der Waals surface area (Å²) in [4.78, 5) is 27.1. The van der Waals surface area contributed by atoms with Crippen molar-refractivity contribution in [3.05, 3.63) is 60.2 Å². The first-order chi connectivity index (χ1) is 13.1. The molecule has 1 fully saturated rings. The first-order valence-electron chi connectivity index (χ1n) is 9.17. The Hall–Kier alpha value is -3.02. The standard InChI is InChI=1S/C21H22N2O4/c1-14-19(27-18-10-6-5-9-17(18)26-14)20(24)22-16-11-12-23(21(16)25)13-15-7-3-2-4-8-15/h2-10,14,16,19H,11-13H2,1H3,(H,22,24)/t14-,16-,19-/m0/s1. The topological polar surface area (TPSA) is 67.9 Å². The van der Waals surface area contributed by atoms with Gasteiger partial charge in [0.15, 0.2) is 11.5 Å². The van der Waals surface area contributed by atoms with Crippen LogP contribution in [0.3, 0.4) is 0 Å². The van der Waals surface area contributed by atoms with Crippen molar-refractivity contribution in [1.29, 1.82) is 0 Å². The lowest BCUT2D eigenvalue weighted by molar-refractivity contribution is -0.138. The van der Waals surface area contributed by atoms with Crippen LogP contribution < -0.4 is 14.8 Å². The molecule has 0 bridgehead atoms. The van der Waals surface area contributed by atoms with Gasteiger partial charge in [0.1, 0.15) is 12.1 Å². The minimum atomic E-state index is -0.782. The lowest BCUT2D eigenvalue weighted by Gasteiger charge is -2.31. The first-order valence-corrected chi connectivity index (χ1v) is 9.17. The Balaban J connectivity index is 1.38. The summed E-state index contributed by atoms with van der Waals surface area (Å²) in [6, 6.07) is 16.6. The maximum Gasteiger partial charge on any atom is 0.265 e. The molecule has 0 saturated carbocycles. The van der Waals surface area contributed by atoms with E-state index in [0.29, 0.717) is 31.0 Å². The number of ether oxygens (including phenoxy) is 2. The molecule has 4 rings (SSSR count). The third-order valence-corrected chi connectivity index (χ3v) is 4.93. The number of carbonyl (C=O) groups is 2. The third kappa shape index (κ3) is 3.60. The second-order valence-electron chi connectivity index (χ2n) is 6.90. The SMILES string of the molecule is C[C@@H]1Oc2ccccc2O[C@@H]1C(=O)N[C@H]1CCN(Cc2ccccc2)C1=O. The van der Waals surface area contributed by atoms with E-state index in [1.807, 2.05) is 48.5 Å². The summed E-state index contributed by atoms with van der Waals surface area (Å²) in [5.41, 5.74) is 1.08. The van der Waals surface area contributed by atoms with Gasteiger partial charge in [-0.1, -0.05) is 42.5 Å². The Bertz CT molecular complexity index is 839. The Morgan fingerprint density at radius 1 is 1.07 bits per heavy atom. The Morgan fingerprint density at radius 2 is 1.74 bits per heavy atom. The van der Waals surface area contributed by atoms with E-state index in [9.17, 15) is 9.59 Å². The van der Waals surface area contributed by atoms with E-state index in [4.69, 9.17) is 9.47 Å². The number of para-hydroxylation sites is 2. The zero-order valence-corrected chi connectivity index (χ0v) is 15.1. The fourth-order valence-electron chi connectivity index (χ4n) is 3.49. The summed E-state index contributed by atoms with van der Waals surface area (Å²) in [5, 5.41) is 2.84. The van der Waals surface area contributed by atoms with Gasteiger partial charge in [0.2, 0.25) is 12.0 Å². The van der Waals surface area contributed by atoms with E-state index in [1.165, 1.54) is 0 Å². The molecule has 0 spiro atoms. The summed E-state index contributed by atoms with van der Waals surface area (Å²) in [7, 11) is 0. The van der Waals surface area contributed by atoms with Gasteiger partial charge in [0, 0.05) is 13.1 Å². The summed E-state index contributed by atoms with van der Waals surface area (Å²) in [6.45, 7) is 2.97. The predicted octanol–water partition coefficient (Wildman–Crippen LogP) is 2.13. The van der Waals surface area contributed by atoms with E-state index in [1.54, 1.807) is 17.9 Å². The van der Waals surface area contributed by atoms with Crippen molar-refractivity contribution in [3.8, 4) is 11.5 Å². The van der Waals surface area contributed by atoms with Crippen LogP contribution in [0.15, 0.2) is 54.6 Å². The highest BCUT2D eigenvalue weighted by molar-refractivity contribution is 5.91. The summed E-state index contributed by atoms with van der Waals surface area (Å²) in [5.74, 6) is 0.785. The van der Waals surface area contributed by atoms with Crippen molar-refractivity contribution in [1.82, 2.24) is 10.2 Å². The van der Waals surface area contributed by atoms with Crippen LogP contribution in [0, 0.1) is 0 Å². The number of fused-ring (bicyclic) bond motifs is 1. The van der Waals surface area contributed by atoms with Crippen LogP contribution in [0.1, 0.15) is 18.9 Å². The molecule has 2 aromatic rings.